The predicted octanol–water partition coefficient (Wildman–Crippen LogP) is 3.58. The minimum atomic E-state index is -0.139. The lowest BCUT2D eigenvalue weighted by Crippen LogP contribution is -2.27. The van der Waals surface area contributed by atoms with Crippen LogP contribution in [0.3, 0.4) is 0 Å². The molecule has 3 aromatic rings. The number of thioether (sulfide) groups is 2. The summed E-state index contributed by atoms with van der Waals surface area (Å²) in [7, 11) is 0. The highest BCUT2D eigenvalue weighted by Crippen LogP contribution is 2.34. The molecule has 4 rings (SSSR count). The van der Waals surface area contributed by atoms with Crippen molar-refractivity contribution in [2.24, 2.45) is 0 Å². The molecule has 1 N–H and O–H groups in total. The summed E-state index contributed by atoms with van der Waals surface area (Å²) in [5.41, 5.74) is 2.64. The van der Waals surface area contributed by atoms with Gasteiger partial charge in [-0.2, -0.15) is 0 Å². The number of benzene rings is 1. The van der Waals surface area contributed by atoms with Crippen molar-refractivity contribution in [3.63, 3.8) is 0 Å². The van der Waals surface area contributed by atoms with Crippen LogP contribution < -0.4 is 10.9 Å². The van der Waals surface area contributed by atoms with E-state index in [4.69, 9.17) is 9.40 Å². The van der Waals surface area contributed by atoms with Crippen molar-refractivity contribution in [2.45, 2.75) is 42.1 Å². The lowest BCUT2D eigenvalue weighted by molar-refractivity contribution is -0.118. The Balaban J connectivity index is 1.59. The molecule has 0 saturated heterocycles. The van der Waals surface area contributed by atoms with E-state index >= 15 is 0 Å². The van der Waals surface area contributed by atoms with Crippen LogP contribution in [0.25, 0.3) is 5.69 Å². The molecule has 1 atom stereocenters. The van der Waals surface area contributed by atoms with Gasteiger partial charge in [-0.15, -0.1) is 11.8 Å². The second kappa shape index (κ2) is 8.51. The summed E-state index contributed by atoms with van der Waals surface area (Å²) in [5, 5.41) is 3.69. The highest BCUT2D eigenvalue weighted by atomic mass is 32.2. The molecule has 2 aromatic heterocycles. The zero-order valence-corrected chi connectivity index (χ0v) is 17.8. The van der Waals surface area contributed by atoms with Crippen molar-refractivity contribution in [3.05, 3.63) is 70.0 Å². The predicted molar refractivity (Wildman–Crippen MR) is 115 cm³/mol. The number of carbonyl (C=O) groups is 1. The van der Waals surface area contributed by atoms with Crippen LogP contribution in [0, 0.1) is 6.92 Å². The van der Waals surface area contributed by atoms with Crippen LogP contribution in [0.1, 0.15) is 23.9 Å². The van der Waals surface area contributed by atoms with Crippen LogP contribution in [0.4, 0.5) is 0 Å². The minimum Gasteiger partial charge on any atom is -0.467 e. The Morgan fingerprint density at radius 3 is 2.86 bits per heavy atom. The van der Waals surface area contributed by atoms with E-state index in [1.165, 1.54) is 11.8 Å². The molecule has 0 saturated carbocycles. The number of nitrogens with one attached hydrogen (secondary N) is 1. The fourth-order valence-corrected chi connectivity index (χ4v) is 5.05. The van der Waals surface area contributed by atoms with Crippen LogP contribution in [-0.2, 0) is 17.8 Å². The number of rotatable bonds is 6. The van der Waals surface area contributed by atoms with Crippen LogP contribution >= 0.6 is 23.5 Å². The third-order valence-corrected chi connectivity index (χ3v) is 6.70. The average Bonchev–Trinajstić information content (AvgIpc) is 3.35. The third kappa shape index (κ3) is 4.43. The molecule has 1 aliphatic rings. The second-order valence-electron chi connectivity index (χ2n) is 6.92. The van der Waals surface area contributed by atoms with E-state index in [0.29, 0.717) is 27.6 Å². The number of nitrogens with zero attached hydrogens (tertiary/aromatic N) is 2. The van der Waals surface area contributed by atoms with Gasteiger partial charge in [-0.05, 0) is 31.2 Å². The first-order valence-electron chi connectivity index (χ1n) is 9.33. The highest BCUT2D eigenvalue weighted by molar-refractivity contribution is 8.00. The molecule has 6 nitrogen and oxygen atoms in total. The summed E-state index contributed by atoms with van der Waals surface area (Å²) in [6, 6.07) is 11.3. The second-order valence-corrected chi connectivity index (χ2v) is 9.31. The lowest BCUT2D eigenvalue weighted by atomic mass is 10.2. The number of hydrogen-bond donors (Lipinski definition) is 1. The van der Waals surface area contributed by atoms with Gasteiger partial charge in [0.25, 0.3) is 5.56 Å². The molecule has 0 radical (unpaired) electrons. The first-order chi connectivity index (χ1) is 14.0. The van der Waals surface area contributed by atoms with Gasteiger partial charge in [-0.3, -0.25) is 14.2 Å². The number of hydrogen-bond acceptors (Lipinski definition) is 6. The van der Waals surface area contributed by atoms with E-state index in [1.807, 2.05) is 37.3 Å². The molecule has 1 aromatic carbocycles. The van der Waals surface area contributed by atoms with Gasteiger partial charge in [-0.25, -0.2) is 4.98 Å². The van der Waals surface area contributed by atoms with Crippen LogP contribution in [0.5, 0.6) is 0 Å². The Labute approximate surface area is 177 Å². The first-order valence-corrected chi connectivity index (χ1v) is 11.2. The van der Waals surface area contributed by atoms with E-state index < -0.39 is 0 Å². The summed E-state index contributed by atoms with van der Waals surface area (Å²) in [5.74, 6) is 0.724. The summed E-state index contributed by atoms with van der Waals surface area (Å²) in [6.07, 6.45) is 2.34. The number of carbonyl (C=O) groups excluding carboxylic acids is 1. The Hall–Kier alpha value is -2.45. The van der Waals surface area contributed by atoms with Crippen molar-refractivity contribution >= 4 is 29.4 Å². The van der Waals surface area contributed by atoms with Crippen LogP contribution in [0.2, 0.25) is 0 Å². The van der Waals surface area contributed by atoms with Crippen LogP contribution in [0.15, 0.2) is 61.9 Å². The number of aromatic nitrogens is 2. The van der Waals surface area contributed by atoms with Gasteiger partial charge in [0.15, 0.2) is 5.16 Å². The summed E-state index contributed by atoms with van der Waals surface area (Å²) in [4.78, 5) is 31.0. The summed E-state index contributed by atoms with van der Waals surface area (Å²) < 4.78 is 6.85. The largest absolute Gasteiger partial charge is 0.467 e. The fourth-order valence-electron chi connectivity index (χ4n) is 3.10. The van der Waals surface area contributed by atoms with Crippen LogP contribution in [-0.4, -0.2) is 26.5 Å². The maximum absolute atomic E-state index is 13.2. The monoisotopic (exact) mass is 427 g/mol. The number of aryl methyl sites for hydroxylation is 1. The highest BCUT2D eigenvalue weighted by Gasteiger charge is 2.27. The molecule has 1 unspecified atom stereocenters. The normalized spacial score (nSPS) is 15.3. The maximum Gasteiger partial charge on any atom is 0.272 e. The molecule has 0 aliphatic carbocycles. The molecule has 0 bridgehead atoms. The SMILES string of the molecule is Cc1ccc(-n2c(SCC(=O)NCc3ccco3)nc3c(c2=O)SC(C)C3)cc1. The van der Waals surface area contributed by atoms with Gasteiger partial charge in [-0.1, -0.05) is 36.4 Å². The van der Waals surface area contributed by atoms with E-state index in [1.54, 1.807) is 28.7 Å². The Kier molecular flexibility index (Phi) is 5.82. The zero-order valence-electron chi connectivity index (χ0n) is 16.2. The third-order valence-electron chi connectivity index (χ3n) is 4.55. The molecule has 8 heteroatoms. The van der Waals surface area contributed by atoms with Crippen molar-refractivity contribution in [1.29, 1.82) is 0 Å². The number of amides is 1. The first kappa shape index (κ1) is 19.8. The van der Waals surface area contributed by atoms with Crippen molar-refractivity contribution < 1.29 is 9.21 Å². The van der Waals surface area contributed by atoms with E-state index in [2.05, 4.69) is 12.2 Å². The molecule has 29 heavy (non-hydrogen) atoms. The Morgan fingerprint density at radius 2 is 2.14 bits per heavy atom. The molecule has 3 heterocycles. The number of furan rings is 1. The van der Waals surface area contributed by atoms with Gasteiger partial charge in [0.1, 0.15) is 5.76 Å². The molecular weight excluding hydrogens is 406 g/mol. The van der Waals surface area contributed by atoms with Gasteiger partial charge in [0.2, 0.25) is 5.91 Å². The zero-order chi connectivity index (χ0) is 20.4. The lowest BCUT2D eigenvalue weighted by Gasteiger charge is -2.14. The topological polar surface area (TPSA) is 77.1 Å². The standard InChI is InChI=1S/C21H21N3O3S2/c1-13-5-7-15(8-6-13)24-20(26)19-17(10-14(2)29-19)23-21(24)28-12-18(25)22-11-16-4-3-9-27-16/h3-9,14H,10-12H2,1-2H3,(H,22,25). The Morgan fingerprint density at radius 1 is 1.34 bits per heavy atom. The Bertz CT molecular complexity index is 1080. The van der Waals surface area contributed by atoms with Gasteiger partial charge in [0.05, 0.1) is 34.8 Å². The van der Waals surface area contributed by atoms with E-state index in [9.17, 15) is 9.59 Å². The summed E-state index contributed by atoms with van der Waals surface area (Å²) >= 11 is 2.85. The molecule has 1 aliphatic heterocycles. The fraction of sp³-hybridized carbons (Fsp3) is 0.286. The van der Waals surface area contributed by atoms with E-state index in [-0.39, 0.29) is 17.2 Å². The van der Waals surface area contributed by atoms with Crippen molar-refractivity contribution in [1.82, 2.24) is 14.9 Å². The number of fused-ring (bicyclic) bond motifs is 1. The average molecular weight is 428 g/mol. The smallest absolute Gasteiger partial charge is 0.272 e. The summed E-state index contributed by atoms with van der Waals surface area (Å²) in [6.45, 7) is 4.43. The molecule has 0 fully saturated rings. The quantitative estimate of drug-likeness (QED) is 0.479. The van der Waals surface area contributed by atoms with Crippen molar-refractivity contribution in [2.75, 3.05) is 5.75 Å². The maximum atomic E-state index is 13.2. The minimum absolute atomic E-state index is 0.0632. The van der Waals surface area contributed by atoms with Gasteiger partial charge in [0, 0.05) is 11.7 Å². The molecule has 0 spiro atoms. The van der Waals surface area contributed by atoms with Crippen molar-refractivity contribution in [3.8, 4) is 5.69 Å². The van der Waals surface area contributed by atoms with Gasteiger partial charge < -0.3 is 9.73 Å². The molecule has 1 amide bonds. The van der Waals surface area contributed by atoms with E-state index in [0.717, 1.165) is 23.4 Å². The molecular formula is C21H21N3O3S2. The molecule has 150 valence electrons. The van der Waals surface area contributed by atoms with Gasteiger partial charge >= 0.3 is 0 Å².